The van der Waals surface area contributed by atoms with Crippen LogP contribution in [0.15, 0.2) is 36.4 Å². The Morgan fingerprint density at radius 1 is 1.05 bits per heavy atom. The molecular formula is C18H21NO2. The van der Waals surface area contributed by atoms with E-state index in [0.29, 0.717) is 24.0 Å². The van der Waals surface area contributed by atoms with Gasteiger partial charge in [0.15, 0.2) is 0 Å². The quantitative estimate of drug-likeness (QED) is 0.804. The number of para-hydroxylation sites is 1. The van der Waals surface area contributed by atoms with E-state index >= 15 is 0 Å². The van der Waals surface area contributed by atoms with Gasteiger partial charge in [-0.2, -0.15) is 0 Å². The molecule has 2 aromatic carbocycles. The molecule has 2 unspecified atom stereocenters. The Bertz CT molecular complexity index is 666. The summed E-state index contributed by atoms with van der Waals surface area (Å²) in [6.45, 7) is 4.89. The second kappa shape index (κ2) is 5.41. The van der Waals surface area contributed by atoms with Crippen LogP contribution < -0.4 is 5.32 Å². The van der Waals surface area contributed by atoms with Gasteiger partial charge in [-0.3, -0.25) is 0 Å². The SMILES string of the molecule is Cc1ccc(O)c2c1C(C)CC2NCc1ccccc1O. The molecule has 0 spiro atoms. The third kappa shape index (κ3) is 2.49. The molecule has 3 nitrogen and oxygen atoms in total. The number of benzene rings is 2. The standard InChI is InChI=1S/C18H21NO2/c1-11-7-8-16(21)18-14(9-12(2)17(11)18)19-10-13-5-3-4-6-15(13)20/h3-8,12,14,19-21H,9-10H2,1-2H3. The van der Waals surface area contributed by atoms with Gasteiger partial charge in [-0.1, -0.05) is 31.2 Å². The summed E-state index contributed by atoms with van der Waals surface area (Å²) in [6, 6.07) is 11.2. The first-order valence-electron chi connectivity index (χ1n) is 7.40. The molecule has 0 amide bonds. The second-order valence-corrected chi connectivity index (χ2v) is 5.93. The van der Waals surface area contributed by atoms with Crippen molar-refractivity contribution in [1.29, 1.82) is 0 Å². The summed E-state index contributed by atoms with van der Waals surface area (Å²) in [5, 5.41) is 23.5. The predicted molar refractivity (Wildman–Crippen MR) is 83.6 cm³/mol. The van der Waals surface area contributed by atoms with E-state index in [2.05, 4.69) is 19.2 Å². The van der Waals surface area contributed by atoms with E-state index in [1.165, 1.54) is 11.1 Å². The maximum absolute atomic E-state index is 10.2. The Balaban J connectivity index is 1.84. The van der Waals surface area contributed by atoms with Crippen molar-refractivity contribution >= 4 is 0 Å². The normalized spacial score (nSPS) is 20.5. The third-order valence-corrected chi connectivity index (χ3v) is 4.44. The fraction of sp³-hybridized carbons (Fsp3) is 0.333. The molecule has 1 aliphatic carbocycles. The predicted octanol–water partition coefficient (Wildman–Crippen LogP) is 3.74. The Labute approximate surface area is 125 Å². The minimum Gasteiger partial charge on any atom is -0.508 e. The lowest BCUT2D eigenvalue weighted by Gasteiger charge is -2.16. The molecule has 0 radical (unpaired) electrons. The average molecular weight is 283 g/mol. The van der Waals surface area contributed by atoms with Crippen LogP contribution in [-0.2, 0) is 6.54 Å². The van der Waals surface area contributed by atoms with Gasteiger partial charge < -0.3 is 15.5 Å². The minimum atomic E-state index is 0.134. The smallest absolute Gasteiger partial charge is 0.120 e. The highest BCUT2D eigenvalue weighted by atomic mass is 16.3. The van der Waals surface area contributed by atoms with Crippen molar-refractivity contribution in [3.8, 4) is 11.5 Å². The van der Waals surface area contributed by atoms with Gasteiger partial charge in [0.25, 0.3) is 0 Å². The summed E-state index contributed by atoms with van der Waals surface area (Å²) in [5.41, 5.74) is 4.41. The fourth-order valence-corrected chi connectivity index (χ4v) is 3.42. The van der Waals surface area contributed by atoms with Crippen molar-refractivity contribution < 1.29 is 10.2 Å². The maximum Gasteiger partial charge on any atom is 0.120 e. The van der Waals surface area contributed by atoms with Crippen LogP contribution in [0, 0.1) is 6.92 Å². The molecule has 21 heavy (non-hydrogen) atoms. The molecule has 3 heteroatoms. The number of phenols is 2. The maximum atomic E-state index is 10.2. The van der Waals surface area contributed by atoms with Gasteiger partial charge in [0.1, 0.15) is 11.5 Å². The molecule has 1 aliphatic rings. The lowest BCUT2D eigenvalue weighted by molar-refractivity contribution is 0.437. The topological polar surface area (TPSA) is 52.5 Å². The van der Waals surface area contributed by atoms with Crippen LogP contribution in [0.25, 0.3) is 0 Å². The van der Waals surface area contributed by atoms with E-state index in [0.717, 1.165) is 17.5 Å². The molecule has 110 valence electrons. The van der Waals surface area contributed by atoms with Gasteiger partial charge >= 0.3 is 0 Å². The van der Waals surface area contributed by atoms with Crippen LogP contribution in [0.1, 0.15) is 47.6 Å². The van der Waals surface area contributed by atoms with E-state index in [1.54, 1.807) is 12.1 Å². The van der Waals surface area contributed by atoms with Crippen LogP contribution in [0.3, 0.4) is 0 Å². The van der Waals surface area contributed by atoms with Crippen molar-refractivity contribution in [2.75, 3.05) is 0 Å². The van der Waals surface area contributed by atoms with E-state index in [1.807, 2.05) is 24.3 Å². The van der Waals surface area contributed by atoms with Gasteiger partial charge in [-0.15, -0.1) is 0 Å². The zero-order valence-corrected chi connectivity index (χ0v) is 12.4. The first kappa shape index (κ1) is 14.0. The van der Waals surface area contributed by atoms with Gasteiger partial charge in [0.2, 0.25) is 0 Å². The number of hydrogen-bond acceptors (Lipinski definition) is 3. The van der Waals surface area contributed by atoms with Gasteiger partial charge in [0, 0.05) is 23.7 Å². The molecule has 2 atom stereocenters. The zero-order chi connectivity index (χ0) is 15.0. The molecule has 3 rings (SSSR count). The number of rotatable bonds is 3. The van der Waals surface area contributed by atoms with Crippen LogP contribution in [0.5, 0.6) is 11.5 Å². The molecule has 0 saturated carbocycles. The Morgan fingerprint density at radius 3 is 2.57 bits per heavy atom. The monoisotopic (exact) mass is 283 g/mol. The summed E-state index contributed by atoms with van der Waals surface area (Å²) in [6.07, 6.45) is 0.974. The molecule has 0 bridgehead atoms. The summed E-state index contributed by atoms with van der Waals surface area (Å²) in [7, 11) is 0. The average Bonchev–Trinajstić information content (AvgIpc) is 2.80. The molecule has 0 heterocycles. The van der Waals surface area contributed by atoms with E-state index in [-0.39, 0.29) is 6.04 Å². The number of phenolic OH excluding ortho intramolecular Hbond substituents is 2. The third-order valence-electron chi connectivity index (χ3n) is 4.44. The first-order valence-corrected chi connectivity index (χ1v) is 7.40. The molecule has 0 fully saturated rings. The van der Waals surface area contributed by atoms with E-state index < -0.39 is 0 Å². The number of fused-ring (bicyclic) bond motifs is 1. The fourth-order valence-electron chi connectivity index (χ4n) is 3.42. The van der Waals surface area contributed by atoms with Crippen molar-refractivity contribution in [3.63, 3.8) is 0 Å². The van der Waals surface area contributed by atoms with E-state index in [4.69, 9.17) is 0 Å². The Morgan fingerprint density at radius 2 is 1.81 bits per heavy atom. The Hall–Kier alpha value is -2.00. The molecule has 0 aromatic heterocycles. The molecule has 3 N–H and O–H groups in total. The van der Waals surface area contributed by atoms with Crippen LogP contribution in [-0.4, -0.2) is 10.2 Å². The molecular weight excluding hydrogens is 262 g/mol. The lowest BCUT2D eigenvalue weighted by atomic mass is 9.97. The van der Waals surface area contributed by atoms with Gasteiger partial charge in [-0.25, -0.2) is 0 Å². The molecule has 0 aliphatic heterocycles. The lowest BCUT2D eigenvalue weighted by Crippen LogP contribution is -2.19. The largest absolute Gasteiger partial charge is 0.508 e. The highest BCUT2D eigenvalue weighted by Crippen LogP contribution is 2.46. The van der Waals surface area contributed by atoms with Crippen LogP contribution in [0.4, 0.5) is 0 Å². The first-order chi connectivity index (χ1) is 10.1. The summed E-state index contributed by atoms with van der Waals surface area (Å²) in [5.74, 6) is 1.12. The van der Waals surface area contributed by atoms with E-state index in [9.17, 15) is 10.2 Å². The number of aromatic hydroxyl groups is 2. The Kier molecular flexibility index (Phi) is 3.60. The zero-order valence-electron chi connectivity index (χ0n) is 12.4. The van der Waals surface area contributed by atoms with Crippen molar-refractivity contribution in [3.05, 3.63) is 58.7 Å². The summed E-state index contributed by atoms with van der Waals surface area (Å²) >= 11 is 0. The highest BCUT2D eigenvalue weighted by molar-refractivity contribution is 5.51. The van der Waals surface area contributed by atoms with Crippen LogP contribution >= 0.6 is 0 Å². The number of nitrogens with one attached hydrogen (secondary N) is 1. The number of aryl methyl sites for hydroxylation is 1. The number of hydrogen-bond donors (Lipinski definition) is 3. The molecule has 2 aromatic rings. The summed E-state index contributed by atoms with van der Waals surface area (Å²) < 4.78 is 0. The highest BCUT2D eigenvalue weighted by Gasteiger charge is 2.31. The van der Waals surface area contributed by atoms with Crippen molar-refractivity contribution in [2.24, 2.45) is 0 Å². The van der Waals surface area contributed by atoms with Crippen LogP contribution in [0.2, 0.25) is 0 Å². The van der Waals surface area contributed by atoms with Gasteiger partial charge in [0.05, 0.1) is 0 Å². The molecule has 0 saturated heterocycles. The minimum absolute atomic E-state index is 0.134. The van der Waals surface area contributed by atoms with Crippen molar-refractivity contribution in [2.45, 2.75) is 38.8 Å². The van der Waals surface area contributed by atoms with Crippen molar-refractivity contribution in [1.82, 2.24) is 5.32 Å². The summed E-state index contributed by atoms with van der Waals surface area (Å²) in [4.78, 5) is 0. The second-order valence-electron chi connectivity index (χ2n) is 5.93. The van der Waals surface area contributed by atoms with Gasteiger partial charge in [-0.05, 0) is 42.5 Å².